The van der Waals surface area contributed by atoms with Crippen molar-refractivity contribution in [3.05, 3.63) is 17.6 Å². The Labute approximate surface area is 109 Å². The first-order valence-corrected chi connectivity index (χ1v) is 6.87. The van der Waals surface area contributed by atoms with Crippen molar-refractivity contribution in [2.24, 2.45) is 5.92 Å². The van der Waals surface area contributed by atoms with E-state index in [-0.39, 0.29) is 0 Å². The van der Waals surface area contributed by atoms with Gasteiger partial charge in [-0.3, -0.25) is 0 Å². The summed E-state index contributed by atoms with van der Waals surface area (Å²) in [5, 5.41) is 3.39. The van der Waals surface area contributed by atoms with Gasteiger partial charge in [-0.2, -0.15) is 0 Å². The molecule has 0 aromatic carbocycles. The zero-order valence-corrected chi connectivity index (χ0v) is 11.7. The number of aryl methyl sites for hydroxylation is 2. The van der Waals surface area contributed by atoms with Crippen LogP contribution in [0.25, 0.3) is 0 Å². The average molecular weight is 256 g/mol. The molecule has 1 heterocycles. The summed E-state index contributed by atoms with van der Waals surface area (Å²) in [5.74, 6) is 3.11. The molecule has 0 spiro atoms. The van der Waals surface area contributed by atoms with Gasteiger partial charge in [-0.15, -0.1) is 11.6 Å². The fourth-order valence-corrected chi connectivity index (χ4v) is 2.06. The summed E-state index contributed by atoms with van der Waals surface area (Å²) in [4.78, 5) is 8.76. The number of hydrogen-bond acceptors (Lipinski definition) is 3. The van der Waals surface area contributed by atoms with Crippen LogP contribution in [0.3, 0.4) is 0 Å². The first-order chi connectivity index (χ1) is 8.19. The monoisotopic (exact) mass is 255 g/mol. The van der Waals surface area contributed by atoms with Crippen LogP contribution in [0.5, 0.6) is 0 Å². The maximum absolute atomic E-state index is 5.78. The van der Waals surface area contributed by atoms with E-state index < -0.39 is 0 Å². The molecule has 0 radical (unpaired) electrons. The number of anilines is 1. The fourth-order valence-electron chi connectivity index (χ4n) is 1.75. The molecule has 1 N–H and O–H groups in total. The highest BCUT2D eigenvalue weighted by Crippen LogP contribution is 2.12. The van der Waals surface area contributed by atoms with E-state index in [1.165, 1.54) is 0 Å². The van der Waals surface area contributed by atoms with E-state index in [2.05, 4.69) is 29.1 Å². The van der Waals surface area contributed by atoms with Gasteiger partial charge in [0.2, 0.25) is 0 Å². The third kappa shape index (κ3) is 4.90. The van der Waals surface area contributed by atoms with Crippen LogP contribution in [0.15, 0.2) is 6.07 Å². The van der Waals surface area contributed by atoms with Gasteiger partial charge in [0, 0.05) is 24.2 Å². The topological polar surface area (TPSA) is 37.8 Å². The van der Waals surface area contributed by atoms with E-state index in [4.69, 9.17) is 11.6 Å². The Morgan fingerprint density at radius 3 is 2.71 bits per heavy atom. The molecule has 96 valence electrons. The molecular weight excluding hydrogens is 234 g/mol. The van der Waals surface area contributed by atoms with Crippen LogP contribution >= 0.6 is 11.6 Å². The molecule has 4 heteroatoms. The molecule has 1 aromatic heterocycles. The molecule has 17 heavy (non-hydrogen) atoms. The quantitative estimate of drug-likeness (QED) is 0.759. The second kappa shape index (κ2) is 7.49. The Balaban J connectivity index is 2.58. The van der Waals surface area contributed by atoms with Crippen molar-refractivity contribution < 1.29 is 0 Å². The van der Waals surface area contributed by atoms with Gasteiger partial charge in [0.1, 0.15) is 11.6 Å². The molecule has 0 amide bonds. The van der Waals surface area contributed by atoms with Crippen molar-refractivity contribution in [1.82, 2.24) is 9.97 Å². The number of hydrogen-bond donors (Lipinski definition) is 1. The van der Waals surface area contributed by atoms with E-state index >= 15 is 0 Å². The zero-order valence-electron chi connectivity index (χ0n) is 11.0. The minimum absolute atomic E-state index is 0.618. The largest absolute Gasteiger partial charge is 0.370 e. The molecule has 0 saturated heterocycles. The lowest BCUT2D eigenvalue weighted by Crippen LogP contribution is -2.15. The van der Waals surface area contributed by atoms with Crippen molar-refractivity contribution >= 4 is 17.4 Å². The van der Waals surface area contributed by atoms with E-state index in [0.29, 0.717) is 5.92 Å². The minimum Gasteiger partial charge on any atom is -0.370 e. The van der Waals surface area contributed by atoms with Gasteiger partial charge in [-0.1, -0.05) is 20.3 Å². The van der Waals surface area contributed by atoms with E-state index in [0.717, 1.165) is 49.0 Å². The van der Waals surface area contributed by atoms with Gasteiger partial charge >= 0.3 is 0 Å². The zero-order chi connectivity index (χ0) is 12.7. The first-order valence-electron chi connectivity index (χ1n) is 6.34. The predicted molar refractivity (Wildman–Crippen MR) is 73.8 cm³/mol. The van der Waals surface area contributed by atoms with Crippen LogP contribution in [-0.4, -0.2) is 22.4 Å². The molecule has 0 fully saturated rings. The normalized spacial score (nSPS) is 12.5. The second-order valence-corrected chi connectivity index (χ2v) is 4.66. The summed E-state index contributed by atoms with van der Waals surface area (Å²) in [6.45, 7) is 7.17. The van der Waals surface area contributed by atoms with Crippen LogP contribution in [0.4, 0.5) is 5.82 Å². The molecule has 0 aliphatic heterocycles. The molecule has 1 unspecified atom stereocenters. The summed E-state index contributed by atoms with van der Waals surface area (Å²) in [5.41, 5.74) is 1.09. The number of rotatable bonds is 7. The molecule has 1 rings (SSSR count). The maximum Gasteiger partial charge on any atom is 0.129 e. The van der Waals surface area contributed by atoms with Gasteiger partial charge in [-0.25, -0.2) is 9.97 Å². The molecule has 1 atom stereocenters. The van der Waals surface area contributed by atoms with Gasteiger partial charge in [0.25, 0.3) is 0 Å². The smallest absolute Gasteiger partial charge is 0.129 e. The molecular formula is C13H22ClN3. The van der Waals surface area contributed by atoms with E-state index in [9.17, 15) is 0 Å². The Bertz CT molecular complexity index is 341. The van der Waals surface area contributed by atoms with Gasteiger partial charge < -0.3 is 5.32 Å². The number of nitrogens with zero attached hydrogens (tertiary/aromatic N) is 2. The van der Waals surface area contributed by atoms with Gasteiger partial charge in [-0.05, 0) is 25.7 Å². The number of aromatic nitrogens is 2. The van der Waals surface area contributed by atoms with Crippen LogP contribution in [-0.2, 0) is 6.42 Å². The Morgan fingerprint density at radius 1 is 1.35 bits per heavy atom. The molecule has 0 aliphatic rings. The van der Waals surface area contributed by atoms with Gasteiger partial charge in [0.05, 0.1) is 0 Å². The van der Waals surface area contributed by atoms with Crippen LogP contribution in [0.2, 0.25) is 0 Å². The summed E-state index contributed by atoms with van der Waals surface area (Å²) >= 11 is 5.78. The van der Waals surface area contributed by atoms with Crippen molar-refractivity contribution in [2.75, 3.05) is 17.7 Å². The van der Waals surface area contributed by atoms with Gasteiger partial charge in [0.15, 0.2) is 0 Å². The highest BCUT2D eigenvalue weighted by molar-refractivity contribution is 6.17. The van der Waals surface area contributed by atoms with Crippen LogP contribution < -0.4 is 5.32 Å². The molecule has 0 aliphatic carbocycles. The summed E-state index contributed by atoms with van der Waals surface area (Å²) in [7, 11) is 0. The highest BCUT2D eigenvalue weighted by atomic mass is 35.5. The fraction of sp³-hybridized carbons (Fsp3) is 0.692. The predicted octanol–water partition coefficient (Wildman–Crippen LogP) is 3.41. The summed E-state index contributed by atoms with van der Waals surface area (Å²) < 4.78 is 0. The standard InChI is InChI=1S/C13H22ClN3/c1-4-11(6-7-14)9-15-13-8-12(5-2)16-10(3)17-13/h8,11H,4-7,9H2,1-3H3,(H,15,16,17). The van der Waals surface area contributed by atoms with Crippen LogP contribution in [0, 0.1) is 12.8 Å². The lowest BCUT2D eigenvalue weighted by atomic mass is 10.0. The lowest BCUT2D eigenvalue weighted by Gasteiger charge is -2.15. The molecule has 1 aromatic rings. The Kier molecular flexibility index (Phi) is 6.27. The van der Waals surface area contributed by atoms with Crippen molar-refractivity contribution in [1.29, 1.82) is 0 Å². The SMILES string of the molecule is CCc1cc(NCC(CC)CCCl)nc(C)n1. The maximum atomic E-state index is 5.78. The first kappa shape index (κ1) is 14.2. The van der Waals surface area contributed by atoms with Crippen molar-refractivity contribution in [2.45, 2.75) is 40.0 Å². The van der Waals surface area contributed by atoms with Crippen molar-refractivity contribution in [3.63, 3.8) is 0 Å². The highest BCUT2D eigenvalue weighted by Gasteiger charge is 2.06. The van der Waals surface area contributed by atoms with E-state index in [1.54, 1.807) is 0 Å². The number of nitrogens with one attached hydrogen (secondary N) is 1. The van der Waals surface area contributed by atoms with Crippen molar-refractivity contribution in [3.8, 4) is 0 Å². The second-order valence-electron chi connectivity index (χ2n) is 4.28. The average Bonchev–Trinajstić information content (AvgIpc) is 2.33. The lowest BCUT2D eigenvalue weighted by molar-refractivity contribution is 0.521. The Hall–Kier alpha value is -0.830. The third-order valence-corrected chi connectivity index (χ3v) is 3.14. The molecule has 0 bridgehead atoms. The summed E-state index contributed by atoms with van der Waals surface area (Å²) in [6.07, 6.45) is 3.14. The number of alkyl halides is 1. The van der Waals surface area contributed by atoms with E-state index in [1.807, 2.05) is 13.0 Å². The molecule has 3 nitrogen and oxygen atoms in total. The Morgan fingerprint density at radius 2 is 2.12 bits per heavy atom. The molecule has 0 saturated carbocycles. The minimum atomic E-state index is 0.618. The van der Waals surface area contributed by atoms with Crippen LogP contribution in [0.1, 0.15) is 38.2 Å². The number of halogens is 1. The third-order valence-electron chi connectivity index (χ3n) is 2.92. The summed E-state index contributed by atoms with van der Waals surface area (Å²) in [6, 6.07) is 2.03.